The minimum absolute atomic E-state index is 0.00659. The highest BCUT2D eigenvalue weighted by Crippen LogP contribution is 2.27. The maximum Gasteiger partial charge on any atom is 0.227 e. The van der Waals surface area contributed by atoms with Crippen molar-refractivity contribution < 1.29 is 9.59 Å². The highest BCUT2D eigenvalue weighted by Gasteiger charge is 2.26. The number of carbonyl (C=O) groups is 2. The average molecular weight is 295 g/mol. The third kappa shape index (κ3) is 3.31. The first-order valence-electron chi connectivity index (χ1n) is 7.31. The van der Waals surface area contributed by atoms with E-state index in [1.165, 1.54) is 0 Å². The molecule has 0 spiro atoms. The number of nitrogens with zero attached hydrogens (tertiary/aromatic N) is 1. The number of aromatic nitrogens is 1. The van der Waals surface area contributed by atoms with Crippen molar-refractivity contribution in [1.82, 2.24) is 4.98 Å². The molecule has 1 aromatic heterocycles. The number of anilines is 2. The largest absolute Gasteiger partial charge is 0.326 e. The van der Waals surface area contributed by atoms with Gasteiger partial charge in [-0.15, -0.1) is 0 Å². The van der Waals surface area contributed by atoms with E-state index in [1.54, 1.807) is 24.5 Å². The van der Waals surface area contributed by atoms with Gasteiger partial charge in [0.25, 0.3) is 0 Å². The molecule has 1 unspecified atom stereocenters. The Hall–Kier alpha value is -2.69. The summed E-state index contributed by atoms with van der Waals surface area (Å²) in [7, 11) is 0. The van der Waals surface area contributed by atoms with Crippen LogP contribution in [-0.2, 0) is 16.0 Å². The smallest absolute Gasteiger partial charge is 0.227 e. The molecule has 22 heavy (non-hydrogen) atoms. The van der Waals surface area contributed by atoms with Gasteiger partial charge in [0, 0.05) is 24.2 Å². The molecule has 1 aliphatic heterocycles. The minimum atomic E-state index is -0.158. The van der Waals surface area contributed by atoms with Crippen molar-refractivity contribution >= 4 is 23.2 Å². The lowest BCUT2D eigenvalue weighted by molar-refractivity contribution is -0.121. The van der Waals surface area contributed by atoms with Gasteiger partial charge in [-0.2, -0.15) is 0 Å². The van der Waals surface area contributed by atoms with Crippen LogP contribution in [0.1, 0.15) is 18.4 Å². The van der Waals surface area contributed by atoms with Gasteiger partial charge in [0.1, 0.15) is 0 Å². The maximum absolute atomic E-state index is 12.1. The highest BCUT2D eigenvalue weighted by molar-refractivity contribution is 5.96. The summed E-state index contributed by atoms with van der Waals surface area (Å²) in [5, 5.41) is 5.69. The molecular weight excluding hydrogens is 278 g/mol. The fourth-order valence-electron chi connectivity index (χ4n) is 2.61. The van der Waals surface area contributed by atoms with E-state index < -0.39 is 0 Å². The van der Waals surface area contributed by atoms with Crippen LogP contribution in [0.25, 0.3) is 0 Å². The van der Waals surface area contributed by atoms with Crippen LogP contribution in [0.3, 0.4) is 0 Å². The van der Waals surface area contributed by atoms with Gasteiger partial charge < -0.3 is 10.6 Å². The van der Waals surface area contributed by atoms with E-state index in [2.05, 4.69) is 15.6 Å². The summed E-state index contributed by atoms with van der Waals surface area (Å²) in [4.78, 5) is 28.0. The number of pyridine rings is 1. The third-order valence-electron chi connectivity index (χ3n) is 3.78. The molecule has 0 radical (unpaired) electrons. The van der Waals surface area contributed by atoms with Gasteiger partial charge in [-0.05, 0) is 36.6 Å². The Balaban J connectivity index is 1.56. The van der Waals surface area contributed by atoms with Crippen LogP contribution < -0.4 is 10.6 Å². The Morgan fingerprint density at radius 2 is 2.14 bits per heavy atom. The predicted molar refractivity (Wildman–Crippen MR) is 84.4 cm³/mol. The minimum Gasteiger partial charge on any atom is -0.326 e. The van der Waals surface area contributed by atoms with Crippen molar-refractivity contribution in [3.63, 3.8) is 0 Å². The van der Waals surface area contributed by atoms with Crippen LogP contribution in [-0.4, -0.2) is 16.8 Å². The Labute approximate surface area is 128 Å². The average Bonchev–Trinajstić information content (AvgIpc) is 2.54. The number of rotatable bonds is 4. The van der Waals surface area contributed by atoms with Crippen LogP contribution in [0.2, 0.25) is 0 Å². The standard InChI is InChI=1S/C17H17N3O2/c21-16(19-14-5-3-9-18-11-14)8-7-13-10-12-4-1-2-6-15(12)20-17(13)22/h1-6,9,11,13H,7-8,10H2,(H,19,21)(H,20,22). The van der Waals surface area contributed by atoms with E-state index in [9.17, 15) is 9.59 Å². The number of amides is 2. The van der Waals surface area contributed by atoms with Gasteiger partial charge in [0.2, 0.25) is 11.8 Å². The van der Waals surface area contributed by atoms with Gasteiger partial charge in [-0.3, -0.25) is 14.6 Å². The highest BCUT2D eigenvalue weighted by atomic mass is 16.2. The van der Waals surface area contributed by atoms with Crippen LogP contribution in [0.4, 0.5) is 11.4 Å². The first kappa shape index (κ1) is 14.3. The fourth-order valence-corrected chi connectivity index (χ4v) is 2.61. The molecule has 5 nitrogen and oxygen atoms in total. The normalized spacial score (nSPS) is 16.5. The van der Waals surface area contributed by atoms with E-state index >= 15 is 0 Å². The zero-order valence-electron chi connectivity index (χ0n) is 12.1. The molecular formula is C17H17N3O2. The molecule has 5 heteroatoms. The topological polar surface area (TPSA) is 71.1 Å². The lowest BCUT2D eigenvalue weighted by Gasteiger charge is -2.24. The van der Waals surface area contributed by atoms with Crippen molar-refractivity contribution in [2.24, 2.45) is 5.92 Å². The Morgan fingerprint density at radius 3 is 2.95 bits per heavy atom. The second-order valence-corrected chi connectivity index (χ2v) is 5.38. The quantitative estimate of drug-likeness (QED) is 0.910. The summed E-state index contributed by atoms with van der Waals surface area (Å²) in [5.41, 5.74) is 2.68. The molecule has 0 aliphatic carbocycles. The van der Waals surface area contributed by atoms with Crippen LogP contribution >= 0.6 is 0 Å². The molecule has 0 saturated heterocycles. The van der Waals surface area contributed by atoms with Crippen molar-refractivity contribution in [3.05, 3.63) is 54.4 Å². The molecule has 2 N–H and O–H groups in total. The molecule has 0 saturated carbocycles. The number of hydrogen-bond acceptors (Lipinski definition) is 3. The van der Waals surface area contributed by atoms with Gasteiger partial charge in [0.15, 0.2) is 0 Å². The molecule has 1 aromatic carbocycles. The van der Waals surface area contributed by atoms with Crippen LogP contribution in [0.5, 0.6) is 0 Å². The lowest BCUT2D eigenvalue weighted by atomic mass is 9.89. The molecule has 1 aliphatic rings. The SMILES string of the molecule is O=C(CCC1Cc2ccccc2NC1=O)Nc1cccnc1. The summed E-state index contributed by atoms with van der Waals surface area (Å²) in [6.07, 6.45) is 4.78. The van der Waals surface area contributed by atoms with E-state index in [0.29, 0.717) is 24.9 Å². The van der Waals surface area contributed by atoms with Gasteiger partial charge >= 0.3 is 0 Å². The molecule has 0 bridgehead atoms. The number of benzene rings is 1. The van der Waals surface area contributed by atoms with Gasteiger partial charge in [-0.1, -0.05) is 18.2 Å². The number of hydrogen-bond donors (Lipinski definition) is 2. The Kier molecular flexibility index (Phi) is 4.14. The summed E-state index contributed by atoms with van der Waals surface area (Å²) < 4.78 is 0. The molecule has 3 rings (SSSR count). The van der Waals surface area contributed by atoms with Gasteiger partial charge in [0.05, 0.1) is 11.9 Å². The number of para-hydroxylation sites is 1. The summed E-state index contributed by atoms with van der Waals surface area (Å²) in [6.45, 7) is 0. The third-order valence-corrected chi connectivity index (χ3v) is 3.78. The summed E-state index contributed by atoms with van der Waals surface area (Å²) in [6, 6.07) is 11.3. The number of carbonyl (C=O) groups excluding carboxylic acids is 2. The maximum atomic E-state index is 12.1. The van der Waals surface area contributed by atoms with Crippen LogP contribution in [0.15, 0.2) is 48.8 Å². The van der Waals surface area contributed by atoms with Crippen molar-refractivity contribution in [2.75, 3.05) is 10.6 Å². The Bertz CT molecular complexity index is 685. The van der Waals surface area contributed by atoms with E-state index in [4.69, 9.17) is 0 Å². The van der Waals surface area contributed by atoms with Gasteiger partial charge in [-0.25, -0.2) is 0 Å². The molecule has 2 aromatic rings. The molecule has 0 fully saturated rings. The molecule has 112 valence electrons. The monoisotopic (exact) mass is 295 g/mol. The van der Waals surface area contributed by atoms with E-state index in [-0.39, 0.29) is 17.7 Å². The predicted octanol–water partition coefficient (Wildman–Crippen LogP) is 2.61. The van der Waals surface area contributed by atoms with Crippen molar-refractivity contribution in [1.29, 1.82) is 0 Å². The lowest BCUT2D eigenvalue weighted by Crippen LogP contribution is -2.30. The van der Waals surface area contributed by atoms with Crippen LogP contribution in [0, 0.1) is 5.92 Å². The molecule has 2 heterocycles. The number of fused-ring (bicyclic) bond motifs is 1. The first-order valence-corrected chi connectivity index (χ1v) is 7.31. The van der Waals surface area contributed by atoms with E-state index in [0.717, 1.165) is 11.3 Å². The fraction of sp³-hybridized carbons (Fsp3) is 0.235. The first-order chi connectivity index (χ1) is 10.7. The van der Waals surface area contributed by atoms with Crippen molar-refractivity contribution in [2.45, 2.75) is 19.3 Å². The summed E-state index contributed by atoms with van der Waals surface area (Å²) >= 11 is 0. The number of nitrogens with one attached hydrogen (secondary N) is 2. The molecule has 2 amide bonds. The van der Waals surface area contributed by atoms with Crippen molar-refractivity contribution in [3.8, 4) is 0 Å². The zero-order chi connectivity index (χ0) is 15.4. The molecule has 1 atom stereocenters. The second kappa shape index (κ2) is 6.39. The van der Waals surface area contributed by atoms with E-state index in [1.807, 2.05) is 24.3 Å². The zero-order valence-corrected chi connectivity index (χ0v) is 12.1. The second-order valence-electron chi connectivity index (χ2n) is 5.38. The Morgan fingerprint density at radius 1 is 1.27 bits per heavy atom. The summed E-state index contributed by atoms with van der Waals surface area (Å²) in [5.74, 6) is -0.262.